The molecule has 1 rings (SSSR count). The van der Waals surface area contributed by atoms with Crippen molar-refractivity contribution in [2.45, 2.75) is 13.3 Å². The van der Waals surface area contributed by atoms with Crippen LogP contribution in [0.5, 0.6) is 0 Å². The number of nitro benzene ring substituents is 1. The highest BCUT2D eigenvalue weighted by atomic mass is 35.5. The van der Waals surface area contributed by atoms with Crippen molar-refractivity contribution in [3.8, 4) is 0 Å². The fourth-order valence-electron chi connectivity index (χ4n) is 0.980. The Morgan fingerprint density at radius 2 is 2.25 bits per heavy atom. The Balaban J connectivity index is 3.23. The summed E-state index contributed by atoms with van der Waals surface area (Å²) in [4.78, 5) is 9.94. The van der Waals surface area contributed by atoms with Crippen LogP contribution in [0.15, 0.2) is 18.2 Å². The average Bonchev–Trinajstić information content (AvgIpc) is 2.04. The van der Waals surface area contributed by atoms with Crippen molar-refractivity contribution in [3.63, 3.8) is 0 Å². The molecule has 1 aromatic carbocycles. The van der Waals surface area contributed by atoms with Crippen LogP contribution in [-0.4, -0.2) is 4.92 Å². The Bertz CT molecular complexity index is 312. The summed E-state index contributed by atoms with van der Waals surface area (Å²) in [5.41, 5.74) is 0.793. The third-order valence-electron chi connectivity index (χ3n) is 1.64. The molecule has 1 aromatic rings. The second-order valence-corrected chi connectivity index (χ2v) is 2.74. The SMILES string of the molecule is CCc1cccc([N+](=O)[O-])c1Cl. The van der Waals surface area contributed by atoms with Crippen LogP contribution in [0.2, 0.25) is 5.02 Å². The van der Waals surface area contributed by atoms with Crippen LogP contribution < -0.4 is 0 Å². The van der Waals surface area contributed by atoms with E-state index in [0.29, 0.717) is 6.42 Å². The largest absolute Gasteiger partial charge is 0.288 e. The number of benzene rings is 1. The molecule has 0 radical (unpaired) electrons. The minimum Gasteiger partial charge on any atom is -0.258 e. The van der Waals surface area contributed by atoms with Gasteiger partial charge in [-0.2, -0.15) is 0 Å². The Labute approximate surface area is 75.1 Å². The minimum atomic E-state index is -0.471. The van der Waals surface area contributed by atoms with E-state index in [0.717, 1.165) is 5.56 Å². The maximum absolute atomic E-state index is 10.4. The first-order valence-corrected chi connectivity index (χ1v) is 3.96. The highest BCUT2D eigenvalue weighted by molar-refractivity contribution is 6.33. The molecule has 0 saturated heterocycles. The van der Waals surface area contributed by atoms with Gasteiger partial charge < -0.3 is 0 Å². The molecule has 0 aliphatic carbocycles. The summed E-state index contributed by atoms with van der Waals surface area (Å²) in [6.07, 6.45) is 0.709. The molecular formula is C8H8ClNO2. The van der Waals surface area contributed by atoms with Gasteiger partial charge >= 0.3 is 0 Å². The van der Waals surface area contributed by atoms with Gasteiger partial charge in [0.2, 0.25) is 0 Å². The van der Waals surface area contributed by atoms with Gasteiger partial charge in [-0.1, -0.05) is 30.7 Å². The van der Waals surface area contributed by atoms with Gasteiger partial charge in [0.15, 0.2) is 0 Å². The number of halogens is 1. The summed E-state index contributed by atoms with van der Waals surface area (Å²) < 4.78 is 0. The quantitative estimate of drug-likeness (QED) is 0.525. The first-order chi connectivity index (χ1) is 5.66. The minimum absolute atomic E-state index is 0.0176. The lowest BCUT2D eigenvalue weighted by Gasteiger charge is -1.99. The zero-order valence-corrected chi connectivity index (χ0v) is 7.34. The standard InChI is InChI=1S/C8H8ClNO2/c1-2-6-4-3-5-7(8(6)9)10(11)12/h3-5H,2H2,1H3. The predicted octanol–water partition coefficient (Wildman–Crippen LogP) is 2.81. The predicted molar refractivity (Wildman–Crippen MR) is 47.5 cm³/mol. The zero-order chi connectivity index (χ0) is 9.14. The summed E-state index contributed by atoms with van der Waals surface area (Å²) in [5.74, 6) is 0. The molecule has 0 aliphatic heterocycles. The van der Waals surface area contributed by atoms with Crippen LogP contribution in [0, 0.1) is 10.1 Å². The fraction of sp³-hybridized carbons (Fsp3) is 0.250. The van der Waals surface area contributed by atoms with Crippen molar-refractivity contribution in [2.24, 2.45) is 0 Å². The highest BCUT2D eigenvalue weighted by Crippen LogP contribution is 2.27. The van der Waals surface area contributed by atoms with E-state index in [1.165, 1.54) is 6.07 Å². The lowest BCUT2D eigenvalue weighted by atomic mass is 10.1. The van der Waals surface area contributed by atoms with Crippen molar-refractivity contribution in [2.75, 3.05) is 0 Å². The van der Waals surface area contributed by atoms with Crippen LogP contribution in [-0.2, 0) is 6.42 Å². The van der Waals surface area contributed by atoms with E-state index in [1.807, 2.05) is 6.92 Å². The molecule has 12 heavy (non-hydrogen) atoms. The molecule has 0 aliphatic rings. The van der Waals surface area contributed by atoms with Gasteiger partial charge in [0, 0.05) is 6.07 Å². The molecule has 0 spiro atoms. The number of aryl methyl sites for hydroxylation is 1. The van der Waals surface area contributed by atoms with Gasteiger partial charge in [0.1, 0.15) is 5.02 Å². The van der Waals surface area contributed by atoms with Gasteiger partial charge in [0.05, 0.1) is 4.92 Å². The maximum atomic E-state index is 10.4. The Hall–Kier alpha value is -1.09. The molecule has 4 heteroatoms. The van der Waals surface area contributed by atoms with Gasteiger partial charge in [0.25, 0.3) is 5.69 Å². The van der Waals surface area contributed by atoms with Gasteiger partial charge in [-0.15, -0.1) is 0 Å². The zero-order valence-electron chi connectivity index (χ0n) is 6.58. The molecule has 0 saturated carbocycles. The van der Waals surface area contributed by atoms with Crippen molar-refractivity contribution in [1.82, 2.24) is 0 Å². The molecule has 64 valence electrons. The smallest absolute Gasteiger partial charge is 0.258 e. The van der Waals surface area contributed by atoms with Crippen LogP contribution in [0.4, 0.5) is 5.69 Å². The number of hydrogen-bond acceptors (Lipinski definition) is 2. The molecule has 0 atom stereocenters. The van der Waals surface area contributed by atoms with Crippen LogP contribution in [0.3, 0.4) is 0 Å². The number of hydrogen-bond donors (Lipinski definition) is 0. The number of nitrogens with zero attached hydrogens (tertiary/aromatic N) is 1. The van der Waals surface area contributed by atoms with E-state index >= 15 is 0 Å². The second kappa shape index (κ2) is 3.54. The third kappa shape index (κ3) is 1.56. The maximum Gasteiger partial charge on any atom is 0.288 e. The topological polar surface area (TPSA) is 43.1 Å². The van der Waals surface area contributed by atoms with Crippen molar-refractivity contribution in [3.05, 3.63) is 38.9 Å². The van der Waals surface area contributed by atoms with E-state index in [4.69, 9.17) is 11.6 Å². The van der Waals surface area contributed by atoms with E-state index in [1.54, 1.807) is 12.1 Å². The fourth-order valence-corrected chi connectivity index (χ4v) is 1.31. The van der Waals surface area contributed by atoms with Crippen molar-refractivity contribution >= 4 is 17.3 Å². The van der Waals surface area contributed by atoms with E-state index in [2.05, 4.69) is 0 Å². The summed E-state index contributed by atoms with van der Waals surface area (Å²) in [5, 5.41) is 10.7. The highest BCUT2D eigenvalue weighted by Gasteiger charge is 2.13. The molecule has 0 aromatic heterocycles. The van der Waals surface area contributed by atoms with Gasteiger partial charge in [-0.25, -0.2) is 0 Å². The third-order valence-corrected chi connectivity index (χ3v) is 2.07. The molecule has 0 amide bonds. The molecule has 0 bridgehead atoms. The number of nitro groups is 1. The summed E-state index contributed by atoms with van der Waals surface area (Å²) >= 11 is 5.76. The molecule has 0 N–H and O–H groups in total. The van der Waals surface area contributed by atoms with Crippen molar-refractivity contribution in [1.29, 1.82) is 0 Å². The van der Waals surface area contributed by atoms with Crippen molar-refractivity contribution < 1.29 is 4.92 Å². The van der Waals surface area contributed by atoms with Crippen LogP contribution in [0.25, 0.3) is 0 Å². The molecule has 0 unspecified atom stereocenters. The normalized spacial score (nSPS) is 9.83. The molecule has 0 fully saturated rings. The molecular weight excluding hydrogens is 178 g/mol. The Morgan fingerprint density at radius 1 is 1.58 bits per heavy atom. The Morgan fingerprint density at radius 3 is 2.75 bits per heavy atom. The van der Waals surface area contributed by atoms with Gasteiger partial charge in [-0.3, -0.25) is 10.1 Å². The van der Waals surface area contributed by atoms with Crippen LogP contribution in [0.1, 0.15) is 12.5 Å². The van der Waals surface area contributed by atoms with E-state index in [-0.39, 0.29) is 10.7 Å². The lowest BCUT2D eigenvalue weighted by molar-refractivity contribution is -0.384. The summed E-state index contributed by atoms with van der Waals surface area (Å²) in [6.45, 7) is 1.91. The van der Waals surface area contributed by atoms with E-state index in [9.17, 15) is 10.1 Å². The Kier molecular flexibility index (Phi) is 2.65. The number of rotatable bonds is 2. The second-order valence-electron chi connectivity index (χ2n) is 2.36. The summed E-state index contributed by atoms with van der Waals surface area (Å²) in [7, 11) is 0. The first-order valence-electron chi connectivity index (χ1n) is 3.58. The van der Waals surface area contributed by atoms with Gasteiger partial charge in [-0.05, 0) is 12.0 Å². The lowest BCUT2D eigenvalue weighted by Crippen LogP contribution is -1.91. The first kappa shape index (κ1) is 9.00. The monoisotopic (exact) mass is 185 g/mol. The molecule has 0 heterocycles. The van der Waals surface area contributed by atoms with E-state index < -0.39 is 4.92 Å². The molecule has 3 nitrogen and oxygen atoms in total. The average molecular weight is 186 g/mol. The summed E-state index contributed by atoms with van der Waals surface area (Å²) in [6, 6.07) is 4.83. The van der Waals surface area contributed by atoms with Crippen LogP contribution >= 0.6 is 11.6 Å².